The van der Waals surface area contributed by atoms with Crippen LogP contribution in [0, 0.1) is 11.7 Å². The lowest BCUT2D eigenvalue weighted by Crippen LogP contribution is -2.49. The molecule has 0 aromatic heterocycles. The molecule has 0 bridgehead atoms. The Labute approximate surface area is 137 Å². The van der Waals surface area contributed by atoms with Crippen LogP contribution in [0.25, 0.3) is 0 Å². The minimum Gasteiger partial charge on any atom is -0.345 e. The van der Waals surface area contributed by atoms with Crippen molar-refractivity contribution >= 4 is 5.91 Å². The van der Waals surface area contributed by atoms with Gasteiger partial charge in [0, 0.05) is 59.3 Å². The molecule has 3 rings (SSSR count). The molecule has 4 nitrogen and oxygen atoms in total. The topological polar surface area (TPSA) is 26.8 Å². The molecule has 2 saturated heterocycles. The van der Waals surface area contributed by atoms with Crippen molar-refractivity contribution in [2.24, 2.45) is 5.92 Å². The molecule has 1 aromatic rings. The summed E-state index contributed by atoms with van der Waals surface area (Å²) < 4.78 is 13.2. The summed E-state index contributed by atoms with van der Waals surface area (Å²) in [5, 5.41) is 0. The Bertz CT molecular complexity index is 543. The van der Waals surface area contributed by atoms with Crippen LogP contribution in [0.5, 0.6) is 0 Å². The average molecular weight is 319 g/mol. The van der Waals surface area contributed by atoms with Crippen LogP contribution in [0.4, 0.5) is 4.39 Å². The van der Waals surface area contributed by atoms with Gasteiger partial charge >= 0.3 is 0 Å². The first-order valence-corrected chi connectivity index (χ1v) is 8.53. The third-order valence-corrected chi connectivity index (χ3v) is 5.00. The van der Waals surface area contributed by atoms with Crippen molar-refractivity contribution in [2.75, 3.05) is 46.3 Å². The monoisotopic (exact) mass is 319 g/mol. The van der Waals surface area contributed by atoms with Crippen molar-refractivity contribution in [1.29, 1.82) is 0 Å². The maximum atomic E-state index is 13.2. The highest BCUT2D eigenvalue weighted by molar-refractivity contribution is 5.76. The van der Waals surface area contributed by atoms with Gasteiger partial charge in [-0.05, 0) is 30.0 Å². The summed E-state index contributed by atoms with van der Waals surface area (Å²) in [4.78, 5) is 18.3. The number of piperazine rings is 1. The molecule has 0 spiro atoms. The van der Waals surface area contributed by atoms with Gasteiger partial charge in [-0.3, -0.25) is 9.69 Å². The molecule has 2 heterocycles. The summed E-state index contributed by atoms with van der Waals surface area (Å²) in [6, 6.07) is 6.89. The molecule has 1 unspecified atom stereocenters. The zero-order valence-corrected chi connectivity index (χ0v) is 13.9. The number of likely N-dealkylation sites (tertiary alicyclic amines) is 1. The first kappa shape index (κ1) is 16.4. The standard InChI is InChI=1S/C18H26FN3O/c1-20-12-16(5-6-18(20)23)14-22-9-7-21(8-10-22)13-15-3-2-4-17(19)11-15/h2-4,11,16H,5-10,12-14H2,1H3. The van der Waals surface area contributed by atoms with Crippen molar-refractivity contribution < 1.29 is 9.18 Å². The maximum Gasteiger partial charge on any atom is 0.222 e. The van der Waals surface area contributed by atoms with Gasteiger partial charge in [0.2, 0.25) is 5.91 Å². The van der Waals surface area contributed by atoms with E-state index in [1.54, 1.807) is 12.1 Å². The Morgan fingerprint density at radius 1 is 1.17 bits per heavy atom. The molecule has 0 saturated carbocycles. The molecule has 1 amide bonds. The molecule has 126 valence electrons. The Kier molecular flexibility index (Phi) is 5.28. The predicted molar refractivity (Wildman–Crippen MR) is 88.5 cm³/mol. The van der Waals surface area contributed by atoms with Crippen molar-refractivity contribution in [2.45, 2.75) is 19.4 Å². The number of nitrogens with zero attached hydrogens (tertiary/aromatic N) is 3. The highest BCUT2D eigenvalue weighted by Crippen LogP contribution is 2.18. The van der Waals surface area contributed by atoms with Crippen LogP contribution in [-0.2, 0) is 11.3 Å². The molecule has 0 aliphatic carbocycles. The average Bonchev–Trinajstić information content (AvgIpc) is 2.53. The van der Waals surface area contributed by atoms with E-state index in [0.717, 1.165) is 57.8 Å². The van der Waals surface area contributed by atoms with Gasteiger partial charge in [-0.15, -0.1) is 0 Å². The Morgan fingerprint density at radius 3 is 2.61 bits per heavy atom. The van der Waals surface area contributed by atoms with E-state index < -0.39 is 0 Å². The Morgan fingerprint density at radius 2 is 1.91 bits per heavy atom. The van der Waals surface area contributed by atoms with Crippen molar-refractivity contribution in [1.82, 2.24) is 14.7 Å². The maximum absolute atomic E-state index is 13.2. The minimum absolute atomic E-state index is 0.155. The summed E-state index contributed by atoms with van der Waals surface area (Å²) in [7, 11) is 1.91. The summed E-state index contributed by atoms with van der Waals surface area (Å²) >= 11 is 0. The number of hydrogen-bond donors (Lipinski definition) is 0. The zero-order chi connectivity index (χ0) is 16.2. The van der Waals surface area contributed by atoms with Gasteiger partial charge in [0.25, 0.3) is 0 Å². The van der Waals surface area contributed by atoms with E-state index in [2.05, 4.69) is 9.80 Å². The Hall–Kier alpha value is -1.46. The van der Waals surface area contributed by atoms with E-state index in [9.17, 15) is 9.18 Å². The zero-order valence-electron chi connectivity index (χ0n) is 13.9. The minimum atomic E-state index is -0.155. The number of rotatable bonds is 4. The summed E-state index contributed by atoms with van der Waals surface area (Å²) in [5.41, 5.74) is 1.05. The molecular formula is C18H26FN3O. The molecule has 1 atom stereocenters. The lowest BCUT2D eigenvalue weighted by Gasteiger charge is -2.38. The third-order valence-electron chi connectivity index (χ3n) is 5.00. The second-order valence-corrected chi connectivity index (χ2v) is 6.89. The molecule has 2 fully saturated rings. The van der Waals surface area contributed by atoms with E-state index in [-0.39, 0.29) is 11.7 Å². The van der Waals surface area contributed by atoms with Crippen molar-refractivity contribution in [3.05, 3.63) is 35.6 Å². The lowest BCUT2D eigenvalue weighted by atomic mass is 9.97. The molecule has 0 N–H and O–H groups in total. The van der Waals surface area contributed by atoms with Gasteiger partial charge in [0.15, 0.2) is 0 Å². The molecule has 0 radical (unpaired) electrons. The summed E-state index contributed by atoms with van der Waals surface area (Å²) in [6.07, 6.45) is 1.72. The summed E-state index contributed by atoms with van der Waals surface area (Å²) in [6.45, 7) is 6.98. The van der Waals surface area contributed by atoms with Crippen molar-refractivity contribution in [3.63, 3.8) is 0 Å². The van der Waals surface area contributed by atoms with Crippen LogP contribution in [0.3, 0.4) is 0 Å². The Balaban J connectivity index is 1.43. The third kappa shape index (κ3) is 4.52. The second kappa shape index (κ2) is 7.41. The molecule has 2 aliphatic heterocycles. The van der Waals surface area contributed by atoms with Gasteiger partial charge in [-0.25, -0.2) is 4.39 Å². The number of benzene rings is 1. The highest BCUT2D eigenvalue weighted by Gasteiger charge is 2.26. The van der Waals surface area contributed by atoms with Crippen LogP contribution in [0.2, 0.25) is 0 Å². The van der Waals surface area contributed by atoms with Gasteiger partial charge < -0.3 is 9.80 Å². The van der Waals surface area contributed by atoms with E-state index in [1.807, 2.05) is 18.0 Å². The van der Waals surface area contributed by atoms with E-state index in [0.29, 0.717) is 12.3 Å². The van der Waals surface area contributed by atoms with Crippen LogP contribution in [0.15, 0.2) is 24.3 Å². The molecule has 2 aliphatic rings. The molecule has 5 heteroatoms. The fourth-order valence-electron chi connectivity index (χ4n) is 3.64. The molecule has 1 aromatic carbocycles. The van der Waals surface area contributed by atoms with E-state index in [1.165, 1.54) is 6.07 Å². The number of halogens is 1. The number of amides is 1. The van der Waals surface area contributed by atoms with E-state index >= 15 is 0 Å². The normalized spacial score (nSPS) is 24.2. The highest BCUT2D eigenvalue weighted by atomic mass is 19.1. The molecular weight excluding hydrogens is 293 g/mol. The number of piperidine rings is 1. The lowest BCUT2D eigenvalue weighted by molar-refractivity contribution is -0.133. The quantitative estimate of drug-likeness (QED) is 0.847. The number of carbonyl (C=O) groups excluding carboxylic acids is 1. The molecule has 23 heavy (non-hydrogen) atoms. The number of carbonyl (C=O) groups is 1. The fourth-order valence-corrected chi connectivity index (χ4v) is 3.64. The second-order valence-electron chi connectivity index (χ2n) is 6.89. The van der Waals surface area contributed by atoms with Crippen LogP contribution in [0.1, 0.15) is 18.4 Å². The SMILES string of the molecule is CN1CC(CN2CCN(Cc3cccc(F)c3)CC2)CCC1=O. The first-order chi connectivity index (χ1) is 11.1. The fraction of sp³-hybridized carbons (Fsp3) is 0.611. The van der Waals surface area contributed by atoms with Gasteiger partial charge in [-0.1, -0.05) is 12.1 Å². The number of hydrogen-bond acceptors (Lipinski definition) is 3. The van der Waals surface area contributed by atoms with Crippen LogP contribution >= 0.6 is 0 Å². The van der Waals surface area contributed by atoms with Crippen molar-refractivity contribution in [3.8, 4) is 0 Å². The predicted octanol–water partition coefficient (Wildman–Crippen LogP) is 1.81. The summed E-state index contributed by atoms with van der Waals surface area (Å²) in [5.74, 6) is 0.728. The smallest absolute Gasteiger partial charge is 0.222 e. The van der Waals surface area contributed by atoms with Crippen LogP contribution < -0.4 is 0 Å². The van der Waals surface area contributed by atoms with Gasteiger partial charge in [-0.2, -0.15) is 0 Å². The van der Waals surface area contributed by atoms with Crippen LogP contribution in [-0.4, -0.2) is 66.9 Å². The van der Waals surface area contributed by atoms with Gasteiger partial charge in [0.1, 0.15) is 5.82 Å². The first-order valence-electron chi connectivity index (χ1n) is 8.53. The van der Waals surface area contributed by atoms with E-state index in [4.69, 9.17) is 0 Å². The largest absolute Gasteiger partial charge is 0.345 e. The van der Waals surface area contributed by atoms with Gasteiger partial charge in [0.05, 0.1) is 0 Å².